The number of allylic oxidation sites excluding steroid dienone is 14. The number of carbonyl (C=O) groups excluding carboxylic acids is 3. The number of hydrogen-bond acceptors (Lipinski definition) is 6. The summed E-state index contributed by atoms with van der Waals surface area (Å²) in [5, 5.41) is 0. The van der Waals surface area contributed by atoms with Crippen LogP contribution in [-0.2, 0) is 28.6 Å². The van der Waals surface area contributed by atoms with Gasteiger partial charge in [-0.3, -0.25) is 14.4 Å². The van der Waals surface area contributed by atoms with Crippen molar-refractivity contribution in [1.29, 1.82) is 0 Å². The summed E-state index contributed by atoms with van der Waals surface area (Å²) >= 11 is 0. The van der Waals surface area contributed by atoms with Crippen molar-refractivity contribution in [2.45, 2.75) is 348 Å². The fraction of sp³-hybridized carbons (Fsp3) is 0.767. The van der Waals surface area contributed by atoms with Crippen LogP contribution in [0.15, 0.2) is 85.1 Å². The van der Waals surface area contributed by atoms with E-state index in [1.807, 2.05) is 0 Å². The Morgan fingerprint density at radius 1 is 0.266 bits per heavy atom. The van der Waals surface area contributed by atoms with Crippen LogP contribution in [0, 0.1) is 0 Å². The number of unbranched alkanes of at least 4 members (excludes halogenated alkanes) is 37. The third-order valence-corrected chi connectivity index (χ3v) is 14.9. The molecule has 0 saturated heterocycles. The Morgan fingerprint density at radius 2 is 0.494 bits per heavy atom. The lowest BCUT2D eigenvalue weighted by Gasteiger charge is -2.18. The Morgan fingerprint density at radius 3 is 0.797 bits per heavy atom. The molecule has 0 aliphatic heterocycles. The van der Waals surface area contributed by atoms with E-state index in [9.17, 15) is 14.4 Å². The van der Waals surface area contributed by atoms with Crippen LogP contribution in [0.25, 0.3) is 0 Å². The zero-order valence-corrected chi connectivity index (χ0v) is 52.4. The van der Waals surface area contributed by atoms with Crippen LogP contribution in [0.3, 0.4) is 0 Å². The SMILES string of the molecule is CC/C=C\C/C=C\C/C=C\CCCCCCCCCC(=O)OCC(COC(=O)CCCCCCCCCCCCCCC/C=C\C/C=C\CCCCCCC)OC(=O)CCCCCCCCCCC/C=C\C/C=C\CCCCC. The van der Waals surface area contributed by atoms with Gasteiger partial charge in [0.15, 0.2) is 6.10 Å². The van der Waals surface area contributed by atoms with E-state index >= 15 is 0 Å². The monoisotopic (exact) mass is 1100 g/mol. The second-order valence-electron chi connectivity index (χ2n) is 22.7. The fourth-order valence-corrected chi connectivity index (χ4v) is 9.76. The van der Waals surface area contributed by atoms with Gasteiger partial charge < -0.3 is 14.2 Å². The Bertz CT molecular complexity index is 1500. The Balaban J connectivity index is 4.34. The zero-order valence-electron chi connectivity index (χ0n) is 52.4. The third kappa shape index (κ3) is 65.3. The molecule has 1 atom stereocenters. The number of esters is 3. The summed E-state index contributed by atoms with van der Waals surface area (Å²) in [7, 11) is 0. The van der Waals surface area contributed by atoms with Crippen LogP contribution in [0.1, 0.15) is 342 Å². The van der Waals surface area contributed by atoms with E-state index in [1.54, 1.807) is 0 Å². The summed E-state index contributed by atoms with van der Waals surface area (Å²) in [5.41, 5.74) is 0. The molecule has 6 nitrogen and oxygen atoms in total. The van der Waals surface area contributed by atoms with Gasteiger partial charge in [-0.15, -0.1) is 0 Å². The number of carbonyl (C=O) groups is 3. The summed E-state index contributed by atoms with van der Waals surface area (Å²) in [6.07, 6.45) is 88.8. The highest BCUT2D eigenvalue weighted by atomic mass is 16.6. The predicted molar refractivity (Wildman–Crippen MR) is 344 cm³/mol. The third-order valence-electron chi connectivity index (χ3n) is 14.9. The molecule has 456 valence electrons. The first-order valence-corrected chi connectivity index (χ1v) is 34.1. The molecule has 0 rings (SSSR count). The maximum absolute atomic E-state index is 12.9. The first-order chi connectivity index (χ1) is 39.0. The Kier molecular flexibility index (Phi) is 64.2. The van der Waals surface area contributed by atoms with Crippen molar-refractivity contribution < 1.29 is 28.6 Å². The van der Waals surface area contributed by atoms with Crippen LogP contribution in [0.4, 0.5) is 0 Å². The van der Waals surface area contributed by atoms with Crippen LogP contribution in [0.2, 0.25) is 0 Å². The molecule has 0 aliphatic rings. The van der Waals surface area contributed by atoms with Gasteiger partial charge in [0.2, 0.25) is 0 Å². The molecule has 1 unspecified atom stereocenters. The van der Waals surface area contributed by atoms with Gasteiger partial charge in [0, 0.05) is 19.3 Å². The minimum Gasteiger partial charge on any atom is -0.462 e. The van der Waals surface area contributed by atoms with Crippen molar-refractivity contribution in [2.75, 3.05) is 13.2 Å². The summed E-state index contributed by atoms with van der Waals surface area (Å²) in [6, 6.07) is 0. The van der Waals surface area contributed by atoms with E-state index in [0.717, 1.165) is 96.3 Å². The van der Waals surface area contributed by atoms with E-state index < -0.39 is 6.10 Å². The zero-order chi connectivity index (χ0) is 57.1. The number of ether oxygens (including phenoxy) is 3. The molecule has 0 radical (unpaired) electrons. The average molecular weight is 1100 g/mol. The number of rotatable bonds is 62. The van der Waals surface area contributed by atoms with Crippen molar-refractivity contribution in [3.63, 3.8) is 0 Å². The standard InChI is InChI=1S/C73H128O6/c1-4-7-10-13-16-19-22-25-28-31-33-34-35-36-37-38-40-42-45-48-51-54-57-60-63-66-72(75)78-69-70(68-77-71(74)65-62-59-56-53-50-47-44-41-30-27-24-21-18-15-12-9-6-3)79-73(76)67-64-61-58-55-52-49-46-43-39-32-29-26-23-20-17-14-11-8-5-2/h9,12,17-18,20-22,25-27,29-31,33,70H,4-8,10-11,13-16,19,23-24,28,32,34-69H2,1-3H3/b12-9-,20-17-,21-18-,25-22-,29-26-,30-27-,33-31-. The molecule has 0 aromatic rings. The molecule has 0 bridgehead atoms. The second kappa shape index (κ2) is 67.1. The normalized spacial score (nSPS) is 12.6. The molecule has 79 heavy (non-hydrogen) atoms. The van der Waals surface area contributed by atoms with Crippen molar-refractivity contribution in [3.8, 4) is 0 Å². The van der Waals surface area contributed by atoms with Gasteiger partial charge in [0.05, 0.1) is 0 Å². The molecule has 0 spiro atoms. The minimum absolute atomic E-state index is 0.0801. The van der Waals surface area contributed by atoms with Gasteiger partial charge in [-0.2, -0.15) is 0 Å². The lowest BCUT2D eigenvalue weighted by molar-refractivity contribution is -0.167. The van der Waals surface area contributed by atoms with Crippen molar-refractivity contribution in [1.82, 2.24) is 0 Å². The maximum atomic E-state index is 12.9. The largest absolute Gasteiger partial charge is 0.462 e. The Labute approximate surface area is 490 Å². The molecule has 0 aromatic carbocycles. The molecule has 0 aromatic heterocycles. The summed E-state index contributed by atoms with van der Waals surface area (Å²) in [6.45, 7) is 6.53. The van der Waals surface area contributed by atoms with E-state index in [2.05, 4.69) is 106 Å². The minimum atomic E-state index is -0.785. The van der Waals surface area contributed by atoms with Crippen LogP contribution in [0.5, 0.6) is 0 Å². The van der Waals surface area contributed by atoms with Crippen LogP contribution in [-0.4, -0.2) is 37.2 Å². The maximum Gasteiger partial charge on any atom is 0.306 e. The molecular weight excluding hydrogens is 973 g/mol. The summed E-state index contributed by atoms with van der Waals surface area (Å²) < 4.78 is 17.0. The van der Waals surface area contributed by atoms with Gasteiger partial charge in [-0.25, -0.2) is 0 Å². The van der Waals surface area contributed by atoms with E-state index in [0.29, 0.717) is 19.3 Å². The lowest BCUT2D eigenvalue weighted by atomic mass is 10.0. The van der Waals surface area contributed by atoms with Gasteiger partial charge in [-0.1, -0.05) is 292 Å². The second-order valence-corrected chi connectivity index (χ2v) is 22.7. The smallest absolute Gasteiger partial charge is 0.306 e. The molecule has 0 N–H and O–H groups in total. The van der Waals surface area contributed by atoms with Crippen molar-refractivity contribution in [2.24, 2.45) is 0 Å². The highest BCUT2D eigenvalue weighted by Gasteiger charge is 2.19. The number of hydrogen-bond donors (Lipinski definition) is 0. The predicted octanol–water partition coefficient (Wildman–Crippen LogP) is 23.4. The Hall–Kier alpha value is -3.41. The van der Waals surface area contributed by atoms with Crippen molar-refractivity contribution in [3.05, 3.63) is 85.1 Å². The average Bonchev–Trinajstić information content (AvgIpc) is 3.45. The highest BCUT2D eigenvalue weighted by molar-refractivity contribution is 5.71. The van der Waals surface area contributed by atoms with E-state index in [4.69, 9.17) is 14.2 Å². The molecule has 0 aliphatic carbocycles. The molecule has 0 heterocycles. The first kappa shape index (κ1) is 75.6. The summed E-state index contributed by atoms with van der Waals surface area (Å²) in [5.74, 6) is -0.879. The fourth-order valence-electron chi connectivity index (χ4n) is 9.76. The first-order valence-electron chi connectivity index (χ1n) is 34.1. The topological polar surface area (TPSA) is 78.9 Å². The molecule has 0 amide bonds. The van der Waals surface area contributed by atoms with Gasteiger partial charge in [0.1, 0.15) is 13.2 Å². The highest BCUT2D eigenvalue weighted by Crippen LogP contribution is 2.17. The molecule has 0 saturated carbocycles. The van der Waals surface area contributed by atoms with E-state index in [-0.39, 0.29) is 31.1 Å². The quantitative estimate of drug-likeness (QED) is 0.0261. The van der Waals surface area contributed by atoms with Crippen LogP contribution < -0.4 is 0 Å². The van der Waals surface area contributed by atoms with Crippen molar-refractivity contribution >= 4 is 17.9 Å². The van der Waals surface area contributed by atoms with Gasteiger partial charge >= 0.3 is 17.9 Å². The lowest BCUT2D eigenvalue weighted by Crippen LogP contribution is -2.30. The molecule has 6 heteroatoms. The molecular formula is C73H128O6. The van der Waals surface area contributed by atoms with Gasteiger partial charge in [-0.05, 0) is 116 Å². The van der Waals surface area contributed by atoms with Gasteiger partial charge in [0.25, 0.3) is 0 Å². The van der Waals surface area contributed by atoms with E-state index in [1.165, 1.54) is 205 Å². The molecule has 0 fully saturated rings. The summed E-state index contributed by atoms with van der Waals surface area (Å²) in [4.78, 5) is 38.4. The van der Waals surface area contributed by atoms with Crippen LogP contribution >= 0.6 is 0 Å².